The van der Waals surface area contributed by atoms with Gasteiger partial charge < -0.3 is 28.1 Å². The standard InChI is InChI=1S/C53H40N4.C52H38N4/c1-37-17-12-13-24-45(37)38-29-33-43(34-30-38)56(42-22-10-5-11-23-42)48-27-16-28-49-50(48)46-25-14-15-26-47(46)57(49)44-35-31-41(32-36-44)53-54-51(39-18-6-3-7-19-39)52(55(53)2)40-20-8-4-9-21-40;1-54-51(39-22-10-4-11-23-39)50(38-20-8-3-9-21-38)53-52(54)40-32-34-43(35-33-40)56-46-29-15-14-28-45(46)49-47(30-17-31-48(49)56)55(42-25-12-5-13-26-42)44-27-16-24-41(36-44)37-18-6-2-7-19-37/h3-36H,1-2H3;2-36H,1H3. The lowest BCUT2D eigenvalue weighted by atomic mass is 10.00. The summed E-state index contributed by atoms with van der Waals surface area (Å²) in [7, 11) is 4.24. The molecule has 0 saturated carbocycles. The van der Waals surface area contributed by atoms with E-state index >= 15 is 0 Å². The molecule has 538 valence electrons. The van der Waals surface area contributed by atoms with Crippen molar-refractivity contribution >= 4 is 77.7 Å². The Morgan fingerprint density at radius 2 is 0.566 bits per heavy atom. The number of aromatic nitrogens is 6. The van der Waals surface area contributed by atoms with Gasteiger partial charge in [0.1, 0.15) is 11.6 Å². The van der Waals surface area contributed by atoms with Crippen molar-refractivity contribution in [1.29, 1.82) is 0 Å². The molecule has 0 bridgehead atoms. The maximum Gasteiger partial charge on any atom is 0.140 e. The quantitative estimate of drug-likeness (QED) is 0.0967. The lowest BCUT2D eigenvalue weighted by Gasteiger charge is -2.27. The third-order valence-corrected chi connectivity index (χ3v) is 21.8. The van der Waals surface area contributed by atoms with E-state index in [4.69, 9.17) is 9.97 Å². The molecule has 0 amide bonds. The van der Waals surface area contributed by atoms with Crippen LogP contribution in [0.5, 0.6) is 0 Å². The molecule has 0 aliphatic carbocycles. The number of hydrogen-bond donors (Lipinski definition) is 0. The van der Waals surface area contributed by atoms with Crippen molar-refractivity contribution in [2.24, 2.45) is 14.1 Å². The van der Waals surface area contributed by atoms with Gasteiger partial charge >= 0.3 is 0 Å². The molecule has 0 aliphatic rings. The van der Waals surface area contributed by atoms with Crippen LogP contribution in [0.15, 0.2) is 419 Å². The Labute approximate surface area is 658 Å². The minimum Gasteiger partial charge on any atom is -0.327 e. The molecule has 16 aromatic carbocycles. The monoisotopic (exact) mass is 1450 g/mol. The number of aryl methyl sites for hydroxylation is 1. The van der Waals surface area contributed by atoms with Gasteiger partial charge in [0.05, 0.1) is 56.2 Å². The number of imidazole rings is 2. The zero-order valence-electron chi connectivity index (χ0n) is 62.9. The Bertz CT molecular complexity index is 6770. The Balaban J connectivity index is 0.000000152. The third-order valence-electron chi connectivity index (χ3n) is 21.8. The smallest absolute Gasteiger partial charge is 0.140 e. The summed E-state index contributed by atoms with van der Waals surface area (Å²) in [5, 5.41) is 4.80. The van der Waals surface area contributed by atoms with Gasteiger partial charge in [0, 0.05) is 103 Å². The first-order valence-corrected chi connectivity index (χ1v) is 38.5. The predicted octanol–water partition coefficient (Wildman–Crippen LogP) is 27.6. The van der Waals surface area contributed by atoms with Crippen molar-refractivity contribution in [2.45, 2.75) is 6.92 Å². The Morgan fingerprint density at radius 1 is 0.239 bits per heavy atom. The third kappa shape index (κ3) is 12.8. The SMILES string of the molecule is Cc1ccccc1-c1ccc(N(c2ccccc2)c2cccc3c2c2ccccc2n3-c2ccc(-c3nc(-c4ccccc4)c(-c4ccccc4)n3C)cc2)cc1.Cn1c(-c2ccc(-n3c4ccccc4c4c(N(c5ccccc5)c5cccc(-c6ccccc6)c5)cccc43)cc2)nc(-c2ccccc2)c1-c1ccccc1. The molecule has 4 heterocycles. The van der Waals surface area contributed by atoms with Crippen LogP contribution in [0.1, 0.15) is 5.56 Å². The molecule has 4 aromatic heterocycles. The maximum absolute atomic E-state index is 5.28. The number of nitrogens with zero attached hydrogens (tertiary/aromatic N) is 8. The van der Waals surface area contributed by atoms with E-state index in [-0.39, 0.29) is 0 Å². The first-order valence-electron chi connectivity index (χ1n) is 38.5. The zero-order valence-corrected chi connectivity index (χ0v) is 62.9. The molecule has 0 atom stereocenters. The molecule has 0 fully saturated rings. The van der Waals surface area contributed by atoms with Crippen LogP contribution in [0, 0.1) is 6.92 Å². The van der Waals surface area contributed by atoms with Crippen molar-refractivity contribution in [1.82, 2.24) is 28.2 Å². The molecule has 113 heavy (non-hydrogen) atoms. The molecule has 0 unspecified atom stereocenters. The Kier molecular flexibility index (Phi) is 18.2. The topological polar surface area (TPSA) is 52.0 Å². The summed E-state index contributed by atoms with van der Waals surface area (Å²) >= 11 is 0. The zero-order chi connectivity index (χ0) is 75.7. The van der Waals surface area contributed by atoms with E-state index in [0.717, 1.165) is 135 Å². The van der Waals surface area contributed by atoms with Gasteiger partial charge in [0.15, 0.2) is 0 Å². The fourth-order valence-corrected chi connectivity index (χ4v) is 16.6. The normalized spacial score (nSPS) is 11.3. The van der Waals surface area contributed by atoms with Crippen LogP contribution in [0.2, 0.25) is 0 Å². The van der Waals surface area contributed by atoms with E-state index < -0.39 is 0 Å². The minimum atomic E-state index is 0.926. The molecule has 0 spiro atoms. The summed E-state index contributed by atoms with van der Waals surface area (Å²) in [4.78, 5) is 15.4. The highest BCUT2D eigenvalue weighted by Gasteiger charge is 2.26. The summed E-state index contributed by atoms with van der Waals surface area (Å²) in [5.74, 6) is 1.85. The number of benzene rings is 16. The number of para-hydroxylation sites is 4. The van der Waals surface area contributed by atoms with Gasteiger partial charge in [-0.2, -0.15) is 0 Å². The molecule has 0 aliphatic heterocycles. The van der Waals surface area contributed by atoms with Crippen molar-refractivity contribution < 1.29 is 0 Å². The van der Waals surface area contributed by atoms with E-state index in [9.17, 15) is 0 Å². The molecule has 8 heteroatoms. The summed E-state index contributed by atoms with van der Waals surface area (Å²) in [6.45, 7) is 2.17. The average molecular weight is 1450 g/mol. The highest BCUT2D eigenvalue weighted by Crippen LogP contribution is 2.48. The molecule has 20 aromatic rings. The van der Waals surface area contributed by atoms with Gasteiger partial charge in [-0.3, -0.25) is 0 Å². The summed E-state index contributed by atoms with van der Waals surface area (Å²) in [6, 6.07) is 149. The minimum absolute atomic E-state index is 0.926. The molecule has 0 N–H and O–H groups in total. The summed E-state index contributed by atoms with van der Waals surface area (Å²) in [6.07, 6.45) is 0. The van der Waals surface area contributed by atoms with Gasteiger partial charge in [-0.05, 0) is 168 Å². The van der Waals surface area contributed by atoms with Crippen molar-refractivity contribution in [3.05, 3.63) is 424 Å². The van der Waals surface area contributed by atoms with Gasteiger partial charge in [-0.25, -0.2) is 9.97 Å². The first kappa shape index (κ1) is 68.7. The van der Waals surface area contributed by atoms with Crippen molar-refractivity contribution in [2.75, 3.05) is 9.80 Å². The highest BCUT2D eigenvalue weighted by atomic mass is 15.2. The van der Waals surface area contributed by atoms with Crippen molar-refractivity contribution in [3.8, 4) is 101 Å². The van der Waals surface area contributed by atoms with Crippen molar-refractivity contribution in [3.63, 3.8) is 0 Å². The van der Waals surface area contributed by atoms with Gasteiger partial charge in [0.25, 0.3) is 0 Å². The van der Waals surface area contributed by atoms with Crippen LogP contribution < -0.4 is 9.80 Å². The van der Waals surface area contributed by atoms with Crippen LogP contribution in [0.25, 0.3) is 145 Å². The molecule has 0 saturated heterocycles. The van der Waals surface area contributed by atoms with E-state index in [0.29, 0.717) is 0 Å². The largest absolute Gasteiger partial charge is 0.327 e. The Morgan fingerprint density at radius 3 is 1.01 bits per heavy atom. The second kappa shape index (κ2) is 30.0. The van der Waals surface area contributed by atoms with Crippen LogP contribution in [0.4, 0.5) is 34.1 Å². The molecule has 8 nitrogen and oxygen atoms in total. The lowest BCUT2D eigenvalue weighted by Crippen LogP contribution is -2.10. The number of rotatable bonds is 16. The second-order valence-corrected chi connectivity index (χ2v) is 28.6. The van der Waals surface area contributed by atoms with E-state index in [1.165, 1.54) is 49.4 Å². The van der Waals surface area contributed by atoms with Crippen LogP contribution in [-0.2, 0) is 14.1 Å². The maximum atomic E-state index is 5.28. The summed E-state index contributed by atoms with van der Waals surface area (Å²) < 4.78 is 9.24. The molecule has 0 radical (unpaired) electrons. The summed E-state index contributed by atoms with van der Waals surface area (Å²) in [5.41, 5.74) is 30.3. The predicted molar refractivity (Wildman–Crippen MR) is 473 cm³/mol. The van der Waals surface area contributed by atoms with Crippen LogP contribution >= 0.6 is 0 Å². The van der Waals surface area contributed by atoms with Crippen LogP contribution in [-0.4, -0.2) is 28.2 Å². The fourth-order valence-electron chi connectivity index (χ4n) is 16.6. The molecule has 20 rings (SSSR count). The van der Waals surface area contributed by atoms with E-state index in [1.54, 1.807) is 0 Å². The molecular formula is C105H78N8. The average Bonchev–Trinajstić information content (AvgIpc) is 1.58. The first-order chi connectivity index (χ1) is 55.9. The van der Waals surface area contributed by atoms with Crippen LogP contribution in [0.3, 0.4) is 0 Å². The van der Waals surface area contributed by atoms with Gasteiger partial charge in [-0.15, -0.1) is 0 Å². The van der Waals surface area contributed by atoms with Gasteiger partial charge in [-0.1, -0.05) is 285 Å². The number of fused-ring (bicyclic) bond motifs is 6. The fraction of sp³-hybridized carbons (Fsp3) is 0.0286. The van der Waals surface area contributed by atoms with E-state index in [2.05, 4.69) is 468 Å². The van der Waals surface area contributed by atoms with E-state index in [1.807, 2.05) is 0 Å². The van der Waals surface area contributed by atoms with Gasteiger partial charge in [0.2, 0.25) is 0 Å². The highest BCUT2D eigenvalue weighted by molar-refractivity contribution is 6.18. The second-order valence-electron chi connectivity index (χ2n) is 28.6. The molecular weight excluding hydrogens is 1370 g/mol. The number of hydrogen-bond acceptors (Lipinski definition) is 4. The number of anilines is 6. The Hall–Kier alpha value is -14.9. The lowest BCUT2D eigenvalue weighted by molar-refractivity contribution is 0.933.